The molecule has 1 aromatic rings. The average molecular weight is 321 g/mol. The molecule has 1 fully saturated rings. The minimum absolute atomic E-state index is 0.0599. The third-order valence-corrected chi connectivity index (χ3v) is 4.81. The van der Waals surface area contributed by atoms with Gasteiger partial charge in [0.05, 0.1) is 12.1 Å². The zero-order valence-electron chi connectivity index (χ0n) is 10.4. The molecule has 0 radical (unpaired) electrons. The van der Waals surface area contributed by atoms with Crippen molar-refractivity contribution in [3.63, 3.8) is 0 Å². The van der Waals surface area contributed by atoms with Crippen LogP contribution >= 0.6 is 23.4 Å². The van der Waals surface area contributed by atoms with Gasteiger partial charge in [-0.15, -0.1) is 0 Å². The lowest BCUT2D eigenvalue weighted by atomic mass is 10.2. The molecule has 1 saturated carbocycles. The summed E-state index contributed by atoms with van der Waals surface area (Å²) >= 11 is 7.35. The molecule has 1 atom stereocenters. The van der Waals surface area contributed by atoms with E-state index in [1.165, 1.54) is 18.9 Å². The molecule has 3 rings (SSSR count). The normalized spacial score (nSPS) is 22.8. The Morgan fingerprint density at radius 1 is 1.25 bits per heavy atom. The SMILES string of the molecule is FC(F)(F)c1cc(Cl)cc(NC2=NCC(C3CC3)S2)c1. The van der Waals surface area contributed by atoms with Gasteiger partial charge < -0.3 is 5.32 Å². The summed E-state index contributed by atoms with van der Waals surface area (Å²) in [7, 11) is 0. The van der Waals surface area contributed by atoms with Crippen LogP contribution in [0.15, 0.2) is 23.2 Å². The van der Waals surface area contributed by atoms with Crippen LogP contribution in [-0.2, 0) is 6.18 Å². The Labute approximate surface area is 123 Å². The minimum atomic E-state index is -4.40. The number of hydrogen-bond donors (Lipinski definition) is 1. The van der Waals surface area contributed by atoms with E-state index < -0.39 is 11.7 Å². The van der Waals surface area contributed by atoms with Crippen LogP contribution in [0.4, 0.5) is 18.9 Å². The topological polar surface area (TPSA) is 24.4 Å². The van der Waals surface area contributed by atoms with Crippen LogP contribution in [0.3, 0.4) is 0 Å². The van der Waals surface area contributed by atoms with E-state index in [4.69, 9.17) is 11.6 Å². The summed E-state index contributed by atoms with van der Waals surface area (Å²) < 4.78 is 38.1. The Morgan fingerprint density at radius 3 is 2.65 bits per heavy atom. The van der Waals surface area contributed by atoms with Crippen LogP contribution in [0, 0.1) is 5.92 Å². The van der Waals surface area contributed by atoms with Gasteiger partial charge in [-0.1, -0.05) is 23.4 Å². The number of anilines is 1. The highest BCUT2D eigenvalue weighted by molar-refractivity contribution is 8.15. The van der Waals surface area contributed by atoms with Gasteiger partial charge in [-0.25, -0.2) is 0 Å². The number of benzene rings is 1. The number of nitrogens with zero attached hydrogens (tertiary/aromatic N) is 1. The third kappa shape index (κ3) is 3.23. The summed E-state index contributed by atoms with van der Waals surface area (Å²) in [5.74, 6) is 0.716. The number of rotatable bonds is 2. The summed E-state index contributed by atoms with van der Waals surface area (Å²) in [5, 5.41) is 4.14. The molecule has 0 saturated heterocycles. The van der Waals surface area contributed by atoms with E-state index in [0.717, 1.165) is 18.7 Å². The monoisotopic (exact) mass is 320 g/mol. The molecular formula is C13H12ClF3N2S. The number of thioether (sulfide) groups is 1. The fraction of sp³-hybridized carbons (Fsp3) is 0.462. The molecule has 7 heteroatoms. The summed E-state index contributed by atoms with van der Waals surface area (Å²) in [4.78, 5) is 4.34. The van der Waals surface area contributed by atoms with Crippen LogP contribution in [0.25, 0.3) is 0 Å². The van der Waals surface area contributed by atoms with Crippen molar-refractivity contribution in [2.45, 2.75) is 24.3 Å². The average Bonchev–Trinajstić information content (AvgIpc) is 3.09. The lowest BCUT2D eigenvalue weighted by Crippen LogP contribution is -2.10. The third-order valence-electron chi connectivity index (χ3n) is 3.30. The molecule has 1 unspecified atom stereocenters. The van der Waals surface area contributed by atoms with Gasteiger partial charge >= 0.3 is 6.18 Å². The molecule has 108 valence electrons. The predicted molar refractivity (Wildman–Crippen MR) is 76.5 cm³/mol. The maximum Gasteiger partial charge on any atom is 0.416 e. The van der Waals surface area contributed by atoms with Gasteiger partial charge in [0, 0.05) is 16.0 Å². The number of halogens is 4. The molecule has 2 nitrogen and oxygen atoms in total. The summed E-state index contributed by atoms with van der Waals surface area (Å²) in [6.07, 6.45) is -1.94. The van der Waals surface area contributed by atoms with Gasteiger partial charge in [0.2, 0.25) is 0 Å². The van der Waals surface area contributed by atoms with Crippen LogP contribution in [0.2, 0.25) is 5.02 Å². The fourth-order valence-corrected chi connectivity index (χ4v) is 3.58. The largest absolute Gasteiger partial charge is 0.416 e. The lowest BCUT2D eigenvalue weighted by molar-refractivity contribution is -0.137. The predicted octanol–water partition coefficient (Wildman–Crippen LogP) is 4.65. The number of aliphatic imine (C=N–C) groups is 1. The van der Waals surface area contributed by atoms with Crippen molar-refractivity contribution < 1.29 is 13.2 Å². The van der Waals surface area contributed by atoms with E-state index >= 15 is 0 Å². The molecule has 0 bridgehead atoms. The minimum Gasteiger partial charge on any atom is -0.335 e. The van der Waals surface area contributed by atoms with E-state index in [-0.39, 0.29) is 5.02 Å². The number of amidine groups is 1. The molecule has 2 aliphatic rings. The summed E-state index contributed by atoms with van der Waals surface area (Å²) in [6, 6.07) is 3.45. The molecule has 1 aromatic carbocycles. The number of hydrogen-bond acceptors (Lipinski definition) is 3. The first-order valence-corrected chi connectivity index (χ1v) is 7.53. The molecular weight excluding hydrogens is 309 g/mol. The second-order valence-electron chi connectivity index (χ2n) is 4.99. The van der Waals surface area contributed by atoms with Crippen molar-refractivity contribution in [3.05, 3.63) is 28.8 Å². The van der Waals surface area contributed by atoms with Crippen molar-refractivity contribution in [1.82, 2.24) is 0 Å². The Balaban J connectivity index is 1.72. The van der Waals surface area contributed by atoms with Crippen LogP contribution < -0.4 is 5.32 Å². The molecule has 0 amide bonds. The van der Waals surface area contributed by atoms with Gasteiger partial charge in [0.25, 0.3) is 0 Å². The van der Waals surface area contributed by atoms with E-state index in [0.29, 0.717) is 22.0 Å². The Hall–Kier alpha value is -0.880. The summed E-state index contributed by atoms with van der Waals surface area (Å²) in [5.41, 5.74) is -0.428. The highest BCUT2D eigenvalue weighted by atomic mass is 35.5. The van der Waals surface area contributed by atoms with Gasteiger partial charge in [0.15, 0.2) is 5.17 Å². The zero-order chi connectivity index (χ0) is 14.3. The van der Waals surface area contributed by atoms with Crippen molar-refractivity contribution in [2.24, 2.45) is 10.9 Å². The smallest absolute Gasteiger partial charge is 0.335 e. The van der Waals surface area contributed by atoms with Crippen molar-refractivity contribution in [3.8, 4) is 0 Å². The first-order valence-electron chi connectivity index (χ1n) is 6.28. The van der Waals surface area contributed by atoms with Crippen LogP contribution in [0.1, 0.15) is 18.4 Å². The maximum absolute atomic E-state index is 12.7. The number of alkyl halides is 3. The van der Waals surface area contributed by atoms with E-state index in [1.807, 2.05) is 0 Å². The zero-order valence-corrected chi connectivity index (χ0v) is 11.9. The lowest BCUT2D eigenvalue weighted by Gasteiger charge is -2.12. The molecule has 0 spiro atoms. The molecule has 0 aromatic heterocycles. The highest BCUT2D eigenvalue weighted by Gasteiger charge is 2.35. The second kappa shape index (κ2) is 5.15. The molecule has 1 aliphatic carbocycles. The van der Waals surface area contributed by atoms with Crippen LogP contribution in [-0.4, -0.2) is 17.0 Å². The van der Waals surface area contributed by atoms with E-state index in [1.54, 1.807) is 11.8 Å². The molecule has 1 N–H and O–H groups in total. The maximum atomic E-state index is 12.7. The van der Waals surface area contributed by atoms with Crippen LogP contribution in [0.5, 0.6) is 0 Å². The highest BCUT2D eigenvalue weighted by Crippen LogP contribution is 2.42. The Kier molecular flexibility index (Phi) is 3.62. The van der Waals surface area contributed by atoms with Gasteiger partial charge in [0.1, 0.15) is 0 Å². The van der Waals surface area contributed by atoms with Crippen molar-refractivity contribution in [2.75, 3.05) is 11.9 Å². The van der Waals surface area contributed by atoms with E-state index in [2.05, 4.69) is 10.3 Å². The van der Waals surface area contributed by atoms with Gasteiger partial charge in [-0.05, 0) is 37.0 Å². The second-order valence-corrected chi connectivity index (χ2v) is 6.66. The van der Waals surface area contributed by atoms with E-state index in [9.17, 15) is 13.2 Å². The molecule has 20 heavy (non-hydrogen) atoms. The quantitative estimate of drug-likeness (QED) is 0.857. The molecule has 1 heterocycles. The van der Waals surface area contributed by atoms with Gasteiger partial charge in [-0.3, -0.25) is 4.99 Å². The Bertz CT molecular complexity index is 555. The standard InChI is InChI=1S/C13H12ClF3N2S/c14-9-3-8(13(15,16)17)4-10(5-9)19-12-18-6-11(20-12)7-1-2-7/h3-5,7,11H,1-2,6H2,(H,18,19). The Morgan fingerprint density at radius 2 is 2.00 bits per heavy atom. The fourth-order valence-electron chi connectivity index (χ4n) is 2.12. The number of nitrogens with one attached hydrogen (secondary N) is 1. The molecule has 1 aliphatic heterocycles. The van der Waals surface area contributed by atoms with Crippen molar-refractivity contribution in [1.29, 1.82) is 0 Å². The van der Waals surface area contributed by atoms with Gasteiger partial charge in [-0.2, -0.15) is 13.2 Å². The first kappa shape index (κ1) is 14.1. The summed E-state index contributed by atoms with van der Waals surface area (Å²) in [6.45, 7) is 0.740. The first-order chi connectivity index (χ1) is 9.41. The van der Waals surface area contributed by atoms with Crippen molar-refractivity contribution >= 4 is 34.2 Å².